The van der Waals surface area contributed by atoms with Crippen molar-refractivity contribution in [2.75, 3.05) is 13.2 Å². The monoisotopic (exact) mass is 334 g/mol. The Morgan fingerprint density at radius 3 is 2.78 bits per heavy atom. The van der Waals surface area contributed by atoms with Crippen molar-refractivity contribution in [1.29, 1.82) is 0 Å². The average Bonchev–Trinajstić information content (AvgIpc) is 2.84. The van der Waals surface area contributed by atoms with Gasteiger partial charge >= 0.3 is 5.97 Å². The molecule has 0 bridgehead atoms. The fourth-order valence-electron chi connectivity index (χ4n) is 1.99. The molecule has 0 saturated carbocycles. The van der Waals surface area contributed by atoms with E-state index in [1.165, 1.54) is 0 Å². The highest BCUT2D eigenvalue weighted by atomic mass is 32.1. The van der Waals surface area contributed by atoms with Gasteiger partial charge in [-0.2, -0.15) is 0 Å². The van der Waals surface area contributed by atoms with E-state index in [2.05, 4.69) is 10.3 Å². The van der Waals surface area contributed by atoms with Gasteiger partial charge < -0.3 is 15.2 Å². The van der Waals surface area contributed by atoms with E-state index >= 15 is 0 Å². The molecule has 6 nitrogen and oxygen atoms in total. The molecule has 0 aliphatic carbocycles. The number of nitrogens with zero attached hydrogens (tertiary/aromatic N) is 1. The summed E-state index contributed by atoms with van der Waals surface area (Å²) < 4.78 is 5.54. The van der Waals surface area contributed by atoms with E-state index < -0.39 is 5.97 Å². The lowest BCUT2D eigenvalue weighted by Gasteiger charge is -2.07. The largest absolute Gasteiger partial charge is 0.492 e. The van der Waals surface area contributed by atoms with Crippen molar-refractivity contribution in [1.82, 2.24) is 10.3 Å². The predicted octanol–water partition coefficient (Wildman–Crippen LogP) is 2.20. The maximum atomic E-state index is 11.8. The van der Waals surface area contributed by atoms with Crippen LogP contribution in [0.25, 0.3) is 0 Å². The van der Waals surface area contributed by atoms with Gasteiger partial charge in [-0.05, 0) is 31.5 Å². The van der Waals surface area contributed by atoms with Crippen LogP contribution in [0.2, 0.25) is 0 Å². The third kappa shape index (κ3) is 5.07. The van der Waals surface area contributed by atoms with Gasteiger partial charge in [0, 0.05) is 0 Å². The second-order valence-corrected chi connectivity index (χ2v) is 6.10. The molecule has 1 amide bonds. The van der Waals surface area contributed by atoms with Crippen LogP contribution in [0.15, 0.2) is 24.3 Å². The first-order chi connectivity index (χ1) is 11.0. The summed E-state index contributed by atoms with van der Waals surface area (Å²) in [5, 5.41) is 12.2. The van der Waals surface area contributed by atoms with Crippen molar-refractivity contribution in [3.8, 4) is 5.75 Å². The van der Waals surface area contributed by atoms with Gasteiger partial charge in [0.05, 0.1) is 18.7 Å². The summed E-state index contributed by atoms with van der Waals surface area (Å²) in [6.07, 6.45) is 0.0727. The Bertz CT molecular complexity index is 712. The van der Waals surface area contributed by atoms with Gasteiger partial charge in [-0.1, -0.05) is 12.1 Å². The third-order valence-corrected chi connectivity index (χ3v) is 4.17. The zero-order chi connectivity index (χ0) is 16.8. The molecule has 23 heavy (non-hydrogen) atoms. The fraction of sp³-hybridized carbons (Fsp3) is 0.312. The summed E-state index contributed by atoms with van der Waals surface area (Å²) in [5.41, 5.74) is 1.55. The van der Waals surface area contributed by atoms with Crippen LogP contribution >= 0.6 is 11.3 Å². The molecule has 0 aliphatic heterocycles. The summed E-state index contributed by atoms with van der Waals surface area (Å²) in [4.78, 5) is 27.0. The lowest BCUT2D eigenvalue weighted by atomic mass is 10.2. The van der Waals surface area contributed by atoms with E-state index in [1.54, 1.807) is 6.92 Å². The second kappa shape index (κ2) is 7.73. The minimum atomic E-state index is -1.02. The number of benzene rings is 1. The highest BCUT2D eigenvalue weighted by Gasteiger charge is 2.15. The summed E-state index contributed by atoms with van der Waals surface area (Å²) in [6, 6.07) is 7.68. The molecule has 0 spiro atoms. The number of aromatic nitrogens is 1. The van der Waals surface area contributed by atoms with Crippen LogP contribution in [-0.4, -0.2) is 35.1 Å². The predicted molar refractivity (Wildman–Crippen MR) is 87.2 cm³/mol. The van der Waals surface area contributed by atoms with Crippen molar-refractivity contribution in [3.05, 3.63) is 45.4 Å². The molecular formula is C16H18N2O4S. The number of aromatic carboxylic acids is 1. The third-order valence-electron chi connectivity index (χ3n) is 3.03. The molecule has 0 saturated heterocycles. The summed E-state index contributed by atoms with van der Waals surface area (Å²) >= 11 is 1.03. The molecule has 0 radical (unpaired) electrons. The van der Waals surface area contributed by atoms with Gasteiger partial charge in [0.2, 0.25) is 5.91 Å². The molecule has 0 aliphatic rings. The standard InChI is InChI=1S/C16H18N2O4S/c1-10-4-3-5-12(8-10)22-7-6-17-13(19)9-14-18-11(2)15(23-14)16(20)21/h3-5,8H,6-7,9H2,1-2H3,(H,17,19)(H,20,21). The first-order valence-corrected chi connectivity index (χ1v) is 7.93. The Morgan fingerprint density at radius 1 is 1.35 bits per heavy atom. The number of thiazole rings is 1. The van der Waals surface area contributed by atoms with Crippen molar-refractivity contribution in [2.45, 2.75) is 20.3 Å². The fourth-order valence-corrected chi connectivity index (χ4v) is 2.89. The maximum absolute atomic E-state index is 11.8. The number of carbonyl (C=O) groups excluding carboxylic acids is 1. The molecular weight excluding hydrogens is 316 g/mol. The van der Waals surface area contributed by atoms with Crippen LogP contribution in [0, 0.1) is 13.8 Å². The molecule has 0 fully saturated rings. The minimum absolute atomic E-state index is 0.0727. The minimum Gasteiger partial charge on any atom is -0.492 e. The number of amides is 1. The number of carboxylic acids is 1. The molecule has 122 valence electrons. The van der Waals surface area contributed by atoms with Crippen LogP contribution in [0.3, 0.4) is 0 Å². The van der Waals surface area contributed by atoms with E-state index in [1.807, 2.05) is 31.2 Å². The van der Waals surface area contributed by atoms with E-state index in [9.17, 15) is 9.59 Å². The maximum Gasteiger partial charge on any atom is 0.347 e. The molecule has 2 rings (SSSR count). The summed E-state index contributed by atoms with van der Waals surface area (Å²) in [6.45, 7) is 4.35. The Balaban J connectivity index is 1.75. The number of ether oxygens (including phenoxy) is 1. The Labute approximate surface area is 138 Å². The number of hydrogen-bond acceptors (Lipinski definition) is 5. The first kappa shape index (κ1) is 17.0. The van der Waals surface area contributed by atoms with E-state index in [0.717, 1.165) is 22.6 Å². The number of carbonyl (C=O) groups is 2. The molecule has 1 aromatic heterocycles. The van der Waals surface area contributed by atoms with E-state index in [4.69, 9.17) is 9.84 Å². The number of carboxylic acid groups (broad SMARTS) is 1. The van der Waals surface area contributed by atoms with Gasteiger partial charge in [0.25, 0.3) is 0 Å². The lowest BCUT2D eigenvalue weighted by molar-refractivity contribution is -0.120. The zero-order valence-electron chi connectivity index (χ0n) is 13.0. The Morgan fingerprint density at radius 2 is 2.13 bits per heavy atom. The smallest absolute Gasteiger partial charge is 0.347 e. The molecule has 7 heteroatoms. The van der Waals surface area contributed by atoms with Crippen molar-refractivity contribution in [3.63, 3.8) is 0 Å². The highest BCUT2D eigenvalue weighted by Crippen LogP contribution is 2.18. The topological polar surface area (TPSA) is 88.5 Å². The van der Waals surface area contributed by atoms with Crippen LogP contribution in [0.5, 0.6) is 5.75 Å². The van der Waals surface area contributed by atoms with Crippen LogP contribution in [0.4, 0.5) is 0 Å². The van der Waals surface area contributed by atoms with Crippen LogP contribution < -0.4 is 10.1 Å². The van der Waals surface area contributed by atoms with Gasteiger partial charge in [-0.25, -0.2) is 9.78 Å². The van der Waals surface area contributed by atoms with E-state index in [0.29, 0.717) is 23.9 Å². The summed E-state index contributed by atoms with van der Waals surface area (Å²) in [7, 11) is 0. The van der Waals surface area contributed by atoms with Gasteiger partial charge in [-0.15, -0.1) is 11.3 Å². The van der Waals surface area contributed by atoms with Crippen molar-refractivity contribution in [2.24, 2.45) is 0 Å². The quantitative estimate of drug-likeness (QED) is 0.758. The SMILES string of the molecule is Cc1cccc(OCCNC(=O)Cc2nc(C)c(C(=O)O)s2)c1. The molecule has 2 aromatic rings. The molecule has 2 N–H and O–H groups in total. The number of nitrogens with one attached hydrogen (secondary N) is 1. The zero-order valence-corrected chi connectivity index (χ0v) is 13.8. The number of aryl methyl sites for hydroxylation is 2. The van der Waals surface area contributed by atoms with E-state index in [-0.39, 0.29) is 17.2 Å². The van der Waals surface area contributed by atoms with Crippen LogP contribution in [-0.2, 0) is 11.2 Å². The summed E-state index contributed by atoms with van der Waals surface area (Å²) in [5.74, 6) is -0.456. The van der Waals surface area contributed by atoms with Gasteiger partial charge in [-0.3, -0.25) is 4.79 Å². The van der Waals surface area contributed by atoms with Gasteiger partial charge in [0.1, 0.15) is 22.2 Å². The molecule has 0 atom stereocenters. The van der Waals surface area contributed by atoms with Crippen molar-refractivity contribution >= 4 is 23.2 Å². The average molecular weight is 334 g/mol. The lowest BCUT2D eigenvalue weighted by Crippen LogP contribution is -2.29. The van der Waals surface area contributed by atoms with Gasteiger partial charge in [0.15, 0.2) is 0 Å². The second-order valence-electron chi connectivity index (χ2n) is 5.02. The normalized spacial score (nSPS) is 10.3. The highest BCUT2D eigenvalue weighted by molar-refractivity contribution is 7.13. The molecule has 1 heterocycles. The Hall–Kier alpha value is -2.41. The number of rotatable bonds is 7. The van der Waals surface area contributed by atoms with Crippen molar-refractivity contribution < 1.29 is 19.4 Å². The van der Waals surface area contributed by atoms with Crippen LogP contribution in [0.1, 0.15) is 25.9 Å². The first-order valence-electron chi connectivity index (χ1n) is 7.11. The Kier molecular flexibility index (Phi) is 5.70. The molecule has 1 aromatic carbocycles. The molecule has 0 unspecified atom stereocenters. The number of hydrogen-bond donors (Lipinski definition) is 2.